The fourth-order valence-electron chi connectivity index (χ4n) is 2.75. The van der Waals surface area contributed by atoms with E-state index in [-0.39, 0.29) is 17.8 Å². The zero-order valence-electron chi connectivity index (χ0n) is 12.5. The van der Waals surface area contributed by atoms with Gasteiger partial charge in [0.1, 0.15) is 0 Å². The molecule has 2 aromatic heterocycles. The summed E-state index contributed by atoms with van der Waals surface area (Å²) in [5, 5.41) is 0. The van der Waals surface area contributed by atoms with Crippen molar-refractivity contribution in [2.45, 2.75) is 13.0 Å². The van der Waals surface area contributed by atoms with Gasteiger partial charge in [-0.25, -0.2) is 9.36 Å². The number of carbonyl (C=O) groups is 1. The summed E-state index contributed by atoms with van der Waals surface area (Å²) in [7, 11) is 0. The highest BCUT2D eigenvalue weighted by atomic mass is 32.1. The highest BCUT2D eigenvalue weighted by molar-refractivity contribution is 7.16. The van der Waals surface area contributed by atoms with Gasteiger partial charge in [-0.05, 0) is 24.3 Å². The van der Waals surface area contributed by atoms with Gasteiger partial charge in [-0.3, -0.25) is 14.2 Å². The monoisotopic (exact) mass is 340 g/mol. The van der Waals surface area contributed by atoms with Crippen LogP contribution in [0, 0.1) is 0 Å². The molecule has 6 nitrogen and oxygen atoms in total. The topological polar surface area (TPSA) is 74.2 Å². The van der Waals surface area contributed by atoms with Gasteiger partial charge < -0.3 is 4.42 Å². The van der Waals surface area contributed by atoms with E-state index in [1.54, 1.807) is 28.8 Å². The summed E-state index contributed by atoms with van der Waals surface area (Å²) in [6.45, 7) is 0.216. The van der Waals surface area contributed by atoms with Gasteiger partial charge in [-0.2, -0.15) is 0 Å². The Hall–Kier alpha value is -2.93. The molecule has 4 aromatic rings. The number of aryl methyl sites for hydroxylation is 1. The van der Waals surface area contributed by atoms with Crippen LogP contribution in [0.1, 0.15) is 11.2 Å². The third-order valence-electron chi connectivity index (χ3n) is 3.86. The van der Waals surface area contributed by atoms with Crippen molar-refractivity contribution in [3.63, 3.8) is 0 Å². The molecule has 0 saturated heterocycles. The van der Waals surface area contributed by atoms with Crippen molar-refractivity contribution in [3.05, 3.63) is 68.7 Å². The lowest BCUT2D eigenvalue weighted by Gasteiger charge is -2.04. The number of fused-ring (bicyclic) bond motifs is 2. The number of rotatable bonds is 3. The molecule has 7 heteroatoms. The van der Waals surface area contributed by atoms with Crippen LogP contribution in [0.3, 0.4) is 0 Å². The Morgan fingerprint density at radius 3 is 2.54 bits per heavy atom. The van der Waals surface area contributed by atoms with E-state index in [0.717, 1.165) is 26.1 Å². The highest BCUT2D eigenvalue weighted by Gasteiger charge is 2.16. The molecule has 0 radical (unpaired) electrons. The third-order valence-corrected chi connectivity index (χ3v) is 4.82. The van der Waals surface area contributed by atoms with Crippen molar-refractivity contribution >= 4 is 38.6 Å². The summed E-state index contributed by atoms with van der Waals surface area (Å²) in [5.41, 5.74) is 1.61. The second kappa shape index (κ2) is 5.61. The summed E-state index contributed by atoms with van der Waals surface area (Å²) in [6, 6.07) is 14.2. The van der Waals surface area contributed by atoms with E-state index >= 15 is 0 Å². The van der Waals surface area contributed by atoms with E-state index in [1.807, 2.05) is 24.3 Å². The molecular formula is C17H12N2O4S. The fourth-order valence-corrected chi connectivity index (χ4v) is 3.66. The number of oxazole rings is 1. The van der Waals surface area contributed by atoms with Crippen molar-refractivity contribution < 1.29 is 9.21 Å². The van der Waals surface area contributed by atoms with E-state index in [1.165, 1.54) is 0 Å². The van der Waals surface area contributed by atoms with Crippen LogP contribution in [0.4, 0.5) is 0 Å². The first-order valence-electron chi connectivity index (χ1n) is 7.37. The number of thiazole rings is 1. The summed E-state index contributed by atoms with van der Waals surface area (Å²) in [5.74, 6) is -1.10. The highest BCUT2D eigenvalue weighted by Crippen LogP contribution is 2.17. The molecule has 0 bridgehead atoms. The van der Waals surface area contributed by atoms with E-state index in [0.29, 0.717) is 11.1 Å². The van der Waals surface area contributed by atoms with Crippen LogP contribution < -0.4 is 10.6 Å². The minimum atomic E-state index is -0.705. The van der Waals surface area contributed by atoms with E-state index in [2.05, 4.69) is 0 Å². The maximum atomic E-state index is 12.5. The van der Waals surface area contributed by atoms with Crippen LogP contribution in [0.15, 0.2) is 62.5 Å². The zero-order valence-corrected chi connectivity index (χ0v) is 13.3. The zero-order chi connectivity index (χ0) is 16.7. The van der Waals surface area contributed by atoms with Gasteiger partial charge in [0.15, 0.2) is 5.58 Å². The number of para-hydroxylation sites is 3. The van der Waals surface area contributed by atoms with Gasteiger partial charge in [0.2, 0.25) is 5.91 Å². The van der Waals surface area contributed by atoms with Gasteiger partial charge in [0, 0.05) is 13.0 Å². The largest absolute Gasteiger partial charge is 0.426 e. The second-order valence-electron chi connectivity index (χ2n) is 5.30. The molecule has 2 heterocycles. The smallest absolute Gasteiger partial charge is 0.407 e. The number of hydrogen-bond donors (Lipinski definition) is 0. The van der Waals surface area contributed by atoms with E-state index < -0.39 is 11.7 Å². The lowest BCUT2D eigenvalue weighted by molar-refractivity contribution is 0.0893. The number of carbonyl (C=O) groups excluding carboxylic acids is 1. The Kier molecular flexibility index (Phi) is 3.42. The fraction of sp³-hybridized carbons (Fsp3) is 0.118. The molecule has 0 aliphatic carbocycles. The summed E-state index contributed by atoms with van der Waals surface area (Å²) >= 11 is 1.14. The van der Waals surface area contributed by atoms with Gasteiger partial charge in [0.25, 0.3) is 0 Å². The Balaban J connectivity index is 1.67. The maximum absolute atomic E-state index is 12.5. The molecule has 0 N–H and O–H groups in total. The van der Waals surface area contributed by atoms with Gasteiger partial charge >= 0.3 is 10.6 Å². The number of nitrogens with zero attached hydrogens (tertiary/aromatic N) is 2. The predicted octanol–water partition coefficient (Wildman–Crippen LogP) is 2.70. The second-order valence-corrected chi connectivity index (χ2v) is 6.30. The number of aromatic nitrogens is 2. The lowest BCUT2D eigenvalue weighted by atomic mass is 10.3. The number of benzene rings is 2. The first-order valence-corrected chi connectivity index (χ1v) is 8.19. The van der Waals surface area contributed by atoms with Crippen LogP contribution >= 0.6 is 11.3 Å². The third kappa shape index (κ3) is 2.30. The molecule has 0 spiro atoms. The summed E-state index contributed by atoms with van der Waals surface area (Å²) in [4.78, 5) is 36.4. The molecule has 24 heavy (non-hydrogen) atoms. The molecule has 0 saturated carbocycles. The van der Waals surface area contributed by atoms with Crippen molar-refractivity contribution in [1.29, 1.82) is 0 Å². The maximum Gasteiger partial charge on any atom is 0.426 e. The molecular weight excluding hydrogens is 328 g/mol. The van der Waals surface area contributed by atoms with Gasteiger partial charge in [0.05, 0.1) is 15.7 Å². The average molecular weight is 340 g/mol. The lowest BCUT2D eigenvalue weighted by Crippen LogP contribution is -2.25. The normalized spacial score (nSPS) is 11.3. The quantitative estimate of drug-likeness (QED) is 0.575. The minimum Gasteiger partial charge on any atom is -0.407 e. The first kappa shape index (κ1) is 14.6. The Labute approximate surface area is 139 Å². The first-order chi connectivity index (χ1) is 11.6. The molecule has 4 rings (SSSR count). The molecule has 120 valence electrons. The van der Waals surface area contributed by atoms with Crippen LogP contribution in [-0.4, -0.2) is 15.0 Å². The molecule has 0 atom stereocenters. The van der Waals surface area contributed by atoms with Crippen LogP contribution in [0.2, 0.25) is 0 Å². The van der Waals surface area contributed by atoms with E-state index in [9.17, 15) is 14.4 Å². The van der Waals surface area contributed by atoms with Gasteiger partial charge in [-0.15, -0.1) is 0 Å². The van der Waals surface area contributed by atoms with Crippen molar-refractivity contribution in [3.8, 4) is 0 Å². The molecule has 0 fully saturated rings. The van der Waals surface area contributed by atoms with Crippen LogP contribution in [-0.2, 0) is 6.54 Å². The Morgan fingerprint density at radius 1 is 1.00 bits per heavy atom. The van der Waals surface area contributed by atoms with Crippen LogP contribution in [0.25, 0.3) is 21.3 Å². The van der Waals surface area contributed by atoms with Crippen molar-refractivity contribution in [2.24, 2.45) is 0 Å². The van der Waals surface area contributed by atoms with Crippen LogP contribution in [0.5, 0.6) is 0 Å². The Bertz CT molecular complexity index is 1180. The molecule has 0 aliphatic rings. The Morgan fingerprint density at radius 2 is 1.71 bits per heavy atom. The average Bonchev–Trinajstić information content (AvgIpc) is 3.08. The summed E-state index contributed by atoms with van der Waals surface area (Å²) < 4.78 is 8.53. The minimum absolute atomic E-state index is 0.0318. The molecule has 0 aliphatic heterocycles. The summed E-state index contributed by atoms with van der Waals surface area (Å²) in [6.07, 6.45) is 0.0318. The molecule has 0 amide bonds. The van der Waals surface area contributed by atoms with Crippen molar-refractivity contribution in [2.75, 3.05) is 0 Å². The van der Waals surface area contributed by atoms with Gasteiger partial charge in [-0.1, -0.05) is 35.6 Å². The SMILES string of the molecule is O=C(CCn1c(=O)sc2ccccc21)n1c(=O)oc2ccccc21. The number of hydrogen-bond acceptors (Lipinski definition) is 5. The molecule has 2 aromatic carbocycles. The van der Waals surface area contributed by atoms with E-state index in [4.69, 9.17) is 4.42 Å². The standard InChI is InChI=1S/C17H12N2O4S/c20-15(19-11-5-1-3-7-13(11)23-16(19)21)9-10-18-12-6-2-4-8-14(12)24-17(18)22/h1-8H,9-10H2. The van der Waals surface area contributed by atoms with Crippen molar-refractivity contribution in [1.82, 2.24) is 9.13 Å². The predicted molar refractivity (Wildman–Crippen MR) is 91.8 cm³/mol. The molecule has 0 unspecified atom stereocenters.